The quantitative estimate of drug-likeness (QED) is 0.317. The lowest BCUT2D eigenvalue weighted by atomic mass is 10.1. The van der Waals surface area contributed by atoms with Crippen molar-refractivity contribution in [3.63, 3.8) is 0 Å². The summed E-state index contributed by atoms with van der Waals surface area (Å²) in [6.45, 7) is 4.39. The maximum absolute atomic E-state index is 11.8. The van der Waals surface area contributed by atoms with Crippen LogP contribution in [-0.2, 0) is 17.7 Å². The lowest BCUT2D eigenvalue weighted by Gasteiger charge is -2.15. The third kappa shape index (κ3) is 7.40. The fourth-order valence-corrected chi connectivity index (χ4v) is 2.91. The van der Waals surface area contributed by atoms with Gasteiger partial charge in [0.05, 0.1) is 6.61 Å². The fraction of sp³-hybridized carbons (Fsp3) is 0.391. The number of hydrogen-bond donors (Lipinski definition) is 3. The SMILES string of the molecule is CN=C(NCCc1cccc(C(=O)NC)c1)NCc1ccc(C)cc1OCCOC. The van der Waals surface area contributed by atoms with Gasteiger partial charge >= 0.3 is 0 Å². The summed E-state index contributed by atoms with van der Waals surface area (Å²) in [5, 5.41) is 9.28. The van der Waals surface area contributed by atoms with Gasteiger partial charge in [0.2, 0.25) is 0 Å². The highest BCUT2D eigenvalue weighted by Gasteiger charge is 2.07. The Kier molecular flexibility index (Phi) is 9.67. The highest BCUT2D eigenvalue weighted by Crippen LogP contribution is 2.20. The summed E-state index contributed by atoms with van der Waals surface area (Å²) < 4.78 is 10.9. The van der Waals surface area contributed by atoms with Gasteiger partial charge in [0.25, 0.3) is 5.91 Å². The van der Waals surface area contributed by atoms with Crippen molar-refractivity contribution in [2.24, 2.45) is 4.99 Å². The van der Waals surface area contributed by atoms with E-state index in [4.69, 9.17) is 9.47 Å². The van der Waals surface area contributed by atoms with Crippen LogP contribution in [0.4, 0.5) is 0 Å². The molecule has 30 heavy (non-hydrogen) atoms. The smallest absolute Gasteiger partial charge is 0.251 e. The Morgan fingerprint density at radius 3 is 2.67 bits per heavy atom. The second kappa shape index (κ2) is 12.5. The monoisotopic (exact) mass is 412 g/mol. The summed E-state index contributed by atoms with van der Waals surface area (Å²) >= 11 is 0. The summed E-state index contributed by atoms with van der Waals surface area (Å²) in [5.41, 5.74) is 3.95. The minimum atomic E-state index is -0.0797. The number of rotatable bonds is 10. The van der Waals surface area contributed by atoms with E-state index in [2.05, 4.69) is 33.1 Å². The molecule has 2 rings (SSSR count). The Bertz CT molecular complexity index is 852. The molecule has 3 N–H and O–H groups in total. The maximum atomic E-state index is 11.8. The molecule has 2 aromatic rings. The maximum Gasteiger partial charge on any atom is 0.251 e. The van der Waals surface area contributed by atoms with E-state index in [9.17, 15) is 4.79 Å². The number of carbonyl (C=O) groups excluding carboxylic acids is 1. The fourth-order valence-electron chi connectivity index (χ4n) is 2.91. The van der Waals surface area contributed by atoms with E-state index in [1.807, 2.05) is 37.3 Å². The Balaban J connectivity index is 1.88. The van der Waals surface area contributed by atoms with Crippen LogP contribution in [0, 0.1) is 6.92 Å². The van der Waals surface area contributed by atoms with E-state index in [1.54, 1.807) is 21.2 Å². The third-order valence-electron chi connectivity index (χ3n) is 4.56. The zero-order valence-electron chi connectivity index (χ0n) is 18.2. The average Bonchev–Trinajstić information content (AvgIpc) is 2.77. The molecule has 0 atom stereocenters. The Labute approximate surface area is 178 Å². The number of aryl methyl sites for hydroxylation is 1. The van der Waals surface area contributed by atoms with E-state index < -0.39 is 0 Å². The molecule has 0 unspecified atom stereocenters. The van der Waals surface area contributed by atoms with E-state index in [1.165, 1.54) is 0 Å². The van der Waals surface area contributed by atoms with Crippen LogP contribution in [0.25, 0.3) is 0 Å². The molecule has 0 aliphatic carbocycles. The highest BCUT2D eigenvalue weighted by molar-refractivity contribution is 5.94. The van der Waals surface area contributed by atoms with Crippen LogP contribution in [0.1, 0.15) is 27.0 Å². The van der Waals surface area contributed by atoms with Gasteiger partial charge in [-0.25, -0.2) is 0 Å². The summed E-state index contributed by atoms with van der Waals surface area (Å²) in [7, 11) is 5.04. The Morgan fingerprint density at radius 2 is 1.93 bits per heavy atom. The second-order valence-electron chi connectivity index (χ2n) is 6.83. The molecule has 0 saturated heterocycles. The van der Waals surface area contributed by atoms with E-state index in [0.29, 0.717) is 37.8 Å². The molecule has 7 nitrogen and oxygen atoms in total. The molecule has 0 radical (unpaired) electrons. The van der Waals surface area contributed by atoms with E-state index >= 15 is 0 Å². The molecule has 0 aromatic heterocycles. The van der Waals surface area contributed by atoms with Crippen molar-refractivity contribution >= 4 is 11.9 Å². The normalized spacial score (nSPS) is 11.1. The predicted molar refractivity (Wildman–Crippen MR) is 120 cm³/mol. The van der Waals surface area contributed by atoms with Crippen molar-refractivity contribution in [2.45, 2.75) is 19.9 Å². The number of ether oxygens (including phenoxy) is 2. The number of guanidine groups is 1. The molecule has 0 spiro atoms. The second-order valence-corrected chi connectivity index (χ2v) is 6.83. The van der Waals surface area contributed by atoms with Crippen molar-refractivity contribution < 1.29 is 14.3 Å². The number of nitrogens with zero attached hydrogens (tertiary/aromatic N) is 1. The minimum absolute atomic E-state index is 0.0797. The van der Waals surface area contributed by atoms with Gasteiger partial charge in [-0.2, -0.15) is 0 Å². The largest absolute Gasteiger partial charge is 0.491 e. The van der Waals surface area contributed by atoms with Crippen molar-refractivity contribution in [3.05, 3.63) is 64.7 Å². The van der Waals surface area contributed by atoms with Gasteiger partial charge in [0, 0.05) is 45.4 Å². The molecule has 2 aromatic carbocycles. The molecule has 0 saturated carbocycles. The van der Waals surface area contributed by atoms with E-state index in [-0.39, 0.29) is 5.91 Å². The highest BCUT2D eigenvalue weighted by atomic mass is 16.5. The Morgan fingerprint density at radius 1 is 1.10 bits per heavy atom. The minimum Gasteiger partial charge on any atom is -0.491 e. The van der Waals surface area contributed by atoms with Crippen LogP contribution in [0.15, 0.2) is 47.5 Å². The van der Waals surface area contributed by atoms with Crippen molar-refractivity contribution in [3.8, 4) is 5.75 Å². The number of hydrogen-bond acceptors (Lipinski definition) is 4. The zero-order valence-corrected chi connectivity index (χ0v) is 18.2. The van der Waals surface area contributed by atoms with Gasteiger partial charge < -0.3 is 25.4 Å². The van der Waals surface area contributed by atoms with Crippen LogP contribution < -0.4 is 20.7 Å². The first kappa shape index (κ1) is 23.2. The molecule has 0 heterocycles. The van der Waals surface area contributed by atoms with Crippen LogP contribution >= 0.6 is 0 Å². The van der Waals surface area contributed by atoms with Crippen molar-refractivity contribution in [1.29, 1.82) is 0 Å². The summed E-state index contributed by atoms with van der Waals surface area (Å²) in [5.74, 6) is 1.48. The molecule has 162 valence electrons. The lowest BCUT2D eigenvalue weighted by Crippen LogP contribution is -2.38. The lowest BCUT2D eigenvalue weighted by molar-refractivity contribution is 0.0963. The molecule has 0 bridgehead atoms. The average molecular weight is 413 g/mol. The summed E-state index contributed by atoms with van der Waals surface area (Å²) in [6, 6.07) is 13.8. The number of carbonyl (C=O) groups is 1. The molecular formula is C23H32N4O3. The van der Waals surface area contributed by atoms with Crippen LogP contribution in [0.2, 0.25) is 0 Å². The van der Waals surface area contributed by atoms with Crippen LogP contribution in [0.3, 0.4) is 0 Å². The third-order valence-corrected chi connectivity index (χ3v) is 4.56. The Hall–Kier alpha value is -3.06. The molecule has 0 fully saturated rings. The zero-order chi connectivity index (χ0) is 21.8. The number of aliphatic imine (C=N–C) groups is 1. The molecule has 1 amide bonds. The van der Waals surface area contributed by atoms with Gasteiger partial charge in [0.15, 0.2) is 5.96 Å². The van der Waals surface area contributed by atoms with Crippen LogP contribution in [0.5, 0.6) is 5.75 Å². The topological polar surface area (TPSA) is 84.0 Å². The molecule has 0 aliphatic heterocycles. The van der Waals surface area contributed by atoms with Crippen LogP contribution in [-0.4, -0.2) is 52.8 Å². The summed E-state index contributed by atoms with van der Waals surface area (Å²) in [4.78, 5) is 16.1. The van der Waals surface area contributed by atoms with Gasteiger partial charge in [0.1, 0.15) is 12.4 Å². The van der Waals surface area contributed by atoms with Gasteiger partial charge in [-0.05, 0) is 42.7 Å². The number of benzene rings is 2. The number of nitrogens with one attached hydrogen (secondary N) is 3. The van der Waals surface area contributed by atoms with Crippen molar-refractivity contribution in [2.75, 3.05) is 41.0 Å². The predicted octanol–water partition coefficient (Wildman–Crippen LogP) is 2.29. The van der Waals surface area contributed by atoms with Gasteiger partial charge in [-0.15, -0.1) is 0 Å². The van der Waals surface area contributed by atoms with Gasteiger partial charge in [-0.3, -0.25) is 9.79 Å². The van der Waals surface area contributed by atoms with Crippen molar-refractivity contribution in [1.82, 2.24) is 16.0 Å². The first-order valence-corrected chi connectivity index (χ1v) is 10.0. The van der Waals surface area contributed by atoms with Gasteiger partial charge in [-0.1, -0.05) is 24.3 Å². The van der Waals surface area contributed by atoms with E-state index in [0.717, 1.165) is 28.9 Å². The standard InChI is InChI=1S/C23H32N4O3/c1-17-8-9-20(21(14-17)30-13-12-29-4)16-27-23(25-3)26-11-10-18-6-5-7-19(15-18)22(28)24-2/h5-9,14-15H,10-13,16H2,1-4H3,(H,24,28)(H2,25,26,27). The number of amides is 1. The molecule has 7 heteroatoms. The summed E-state index contributed by atoms with van der Waals surface area (Å²) in [6.07, 6.45) is 0.779. The molecule has 0 aliphatic rings. The first-order valence-electron chi connectivity index (χ1n) is 10.0. The number of methoxy groups -OCH3 is 1. The first-order chi connectivity index (χ1) is 14.6. The molecular weight excluding hydrogens is 380 g/mol.